The average molecular weight is 370 g/mol. The van der Waals surface area contributed by atoms with Crippen molar-refractivity contribution in [1.82, 2.24) is 20.9 Å². The topological polar surface area (TPSA) is 134 Å². The third-order valence-electron chi connectivity index (χ3n) is 3.82. The second-order valence-electron chi connectivity index (χ2n) is 6.22. The van der Waals surface area contributed by atoms with E-state index in [-0.39, 0.29) is 0 Å². The molecule has 1 heterocycles. The van der Waals surface area contributed by atoms with E-state index in [1.54, 1.807) is 6.92 Å². The molecule has 6 amide bonds. The van der Waals surface area contributed by atoms with E-state index in [1.807, 2.05) is 19.2 Å². The molecule has 0 aromatic heterocycles. The van der Waals surface area contributed by atoms with Crippen molar-refractivity contribution in [1.29, 1.82) is 0 Å². The van der Waals surface area contributed by atoms with Crippen LogP contribution >= 0.6 is 0 Å². The summed E-state index contributed by atoms with van der Waals surface area (Å²) in [5.74, 6) is -2.23. The number of ether oxygens (including phenoxy) is 1. The van der Waals surface area contributed by atoms with Gasteiger partial charge in [-0.2, -0.15) is 0 Å². The van der Waals surface area contributed by atoms with Gasteiger partial charge in [-0.25, -0.2) is 9.59 Å². The maximum atomic E-state index is 12.4. The molecule has 0 spiro atoms. The molecule has 10 heteroatoms. The number of esters is 1. The van der Waals surface area contributed by atoms with E-state index in [0.717, 1.165) is 17.7 Å². The quantitative estimate of drug-likeness (QED) is 0.394. The summed E-state index contributed by atoms with van der Waals surface area (Å²) < 4.78 is 4.71. The summed E-state index contributed by atoms with van der Waals surface area (Å²) in [7, 11) is 0. The van der Waals surface area contributed by atoms with Crippen LogP contribution in [0.1, 0.15) is 46.5 Å². The first-order chi connectivity index (χ1) is 12.2. The predicted octanol–water partition coefficient (Wildman–Crippen LogP) is 0.266. The number of nitrogens with one attached hydrogen (secondary N) is 3. The van der Waals surface area contributed by atoms with Gasteiger partial charge in [0.15, 0.2) is 6.61 Å². The van der Waals surface area contributed by atoms with Crippen molar-refractivity contribution in [3.8, 4) is 0 Å². The lowest BCUT2D eigenvalue weighted by atomic mass is 9.95. The fourth-order valence-corrected chi connectivity index (χ4v) is 2.36. The van der Waals surface area contributed by atoms with Gasteiger partial charge >= 0.3 is 18.0 Å². The zero-order chi connectivity index (χ0) is 19.7. The van der Waals surface area contributed by atoms with Crippen LogP contribution in [0.3, 0.4) is 0 Å². The Kier molecular flexibility index (Phi) is 8.01. The number of hydrogen-bond acceptors (Lipinski definition) is 6. The molecule has 1 rings (SSSR count). The maximum absolute atomic E-state index is 12.4. The smallest absolute Gasteiger partial charge is 0.326 e. The SMILES string of the molecule is CCCC[C@]1(C)NC(=O)N(CC(=O)OCC(=O)NC(=O)NCCC)C1=O. The van der Waals surface area contributed by atoms with Gasteiger partial charge in [0.2, 0.25) is 0 Å². The summed E-state index contributed by atoms with van der Waals surface area (Å²) >= 11 is 0. The third-order valence-corrected chi connectivity index (χ3v) is 3.82. The molecule has 0 aromatic rings. The molecule has 146 valence electrons. The molecule has 3 N–H and O–H groups in total. The first-order valence-corrected chi connectivity index (χ1v) is 8.61. The van der Waals surface area contributed by atoms with E-state index >= 15 is 0 Å². The summed E-state index contributed by atoms with van der Waals surface area (Å²) in [4.78, 5) is 59.7. The number of carbonyl (C=O) groups is 5. The summed E-state index contributed by atoms with van der Waals surface area (Å²) in [5.41, 5.74) is -1.04. The molecule has 0 radical (unpaired) electrons. The van der Waals surface area contributed by atoms with Crippen molar-refractivity contribution >= 4 is 29.8 Å². The summed E-state index contributed by atoms with van der Waals surface area (Å²) in [6.45, 7) is 4.55. The largest absolute Gasteiger partial charge is 0.454 e. The van der Waals surface area contributed by atoms with Crippen LogP contribution in [0.2, 0.25) is 0 Å². The minimum Gasteiger partial charge on any atom is -0.454 e. The minimum absolute atomic E-state index is 0.405. The van der Waals surface area contributed by atoms with Crippen molar-refractivity contribution in [3.05, 3.63) is 0 Å². The molecule has 10 nitrogen and oxygen atoms in total. The van der Waals surface area contributed by atoms with Gasteiger partial charge in [0, 0.05) is 6.54 Å². The number of hydrogen-bond donors (Lipinski definition) is 3. The van der Waals surface area contributed by atoms with Crippen LogP contribution in [-0.4, -0.2) is 60.0 Å². The van der Waals surface area contributed by atoms with Crippen molar-refractivity contribution in [2.75, 3.05) is 19.7 Å². The second kappa shape index (κ2) is 9.73. The highest BCUT2D eigenvalue weighted by atomic mass is 16.5. The molecule has 1 fully saturated rings. The fraction of sp³-hybridized carbons (Fsp3) is 0.688. The number of imide groups is 2. The lowest BCUT2D eigenvalue weighted by Crippen LogP contribution is -2.44. The molecular weight excluding hydrogens is 344 g/mol. The molecule has 0 aromatic carbocycles. The maximum Gasteiger partial charge on any atom is 0.326 e. The summed E-state index contributed by atoms with van der Waals surface area (Å²) in [6, 6.07) is -1.36. The van der Waals surface area contributed by atoms with Crippen LogP contribution in [0, 0.1) is 0 Å². The number of urea groups is 2. The lowest BCUT2D eigenvalue weighted by molar-refractivity contribution is -0.150. The Labute approximate surface area is 152 Å². The molecular formula is C16H26N4O6. The zero-order valence-corrected chi connectivity index (χ0v) is 15.3. The number of amides is 6. The normalized spacial score (nSPS) is 19.1. The third kappa shape index (κ3) is 6.01. The van der Waals surface area contributed by atoms with Gasteiger partial charge in [0.25, 0.3) is 11.8 Å². The Balaban J connectivity index is 2.45. The van der Waals surface area contributed by atoms with Crippen molar-refractivity contribution < 1.29 is 28.7 Å². The van der Waals surface area contributed by atoms with Gasteiger partial charge in [0.1, 0.15) is 12.1 Å². The van der Waals surface area contributed by atoms with Gasteiger partial charge in [-0.05, 0) is 19.8 Å². The molecule has 1 atom stereocenters. The van der Waals surface area contributed by atoms with Crippen molar-refractivity contribution in [2.24, 2.45) is 0 Å². The van der Waals surface area contributed by atoms with Gasteiger partial charge in [-0.3, -0.25) is 24.6 Å². The Morgan fingerprint density at radius 1 is 1.19 bits per heavy atom. The number of nitrogens with zero attached hydrogens (tertiary/aromatic N) is 1. The van der Waals surface area contributed by atoms with Crippen molar-refractivity contribution in [3.63, 3.8) is 0 Å². The van der Waals surface area contributed by atoms with Crippen LogP contribution in [0.4, 0.5) is 9.59 Å². The van der Waals surface area contributed by atoms with Gasteiger partial charge in [-0.15, -0.1) is 0 Å². The highest BCUT2D eigenvalue weighted by Crippen LogP contribution is 2.23. The first kappa shape index (κ1) is 21.4. The highest BCUT2D eigenvalue weighted by molar-refractivity contribution is 6.08. The monoisotopic (exact) mass is 370 g/mol. The van der Waals surface area contributed by atoms with Gasteiger partial charge < -0.3 is 15.4 Å². The van der Waals surface area contributed by atoms with Crippen LogP contribution in [-0.2, 0) is 19.1 Å². The van der Waals surface area contributed by atoms with Crippen LogP contribution in [0.15, 0.2) is 0 Å². The van der Waals surface area contributed by atoms with E-state index in [4.69, 9.17) is 4.74 Å². The van der Waals surface area contributed by atoms with Crippen LogP contribution in [0.5, 0.6) is 0 Å². The Morgan fingerprint density at radius 3 is 2.50 bits per heavy atom. The first-order valence-electron chi connectivity index (χ1n) is 8.61. The second-order valence-corrected chi connectivity index (χ2v) is 6.22. The molecule has 1 aliphatic heterocycles. The van der Waals surface area contributed by atoms with Gasteiger partial charge in [-0.1, -0.05) is 26.7 Å². The molecule has 1 saturated heterocycles. The van der Waals surface area contributed by atoms with E-state index in [1.165, 1.54) is 0 Å². The Morgan fingerprint density at radius 2 is 1.88 bits per heavy atom. The van der Waals surface area contributed by atoms with Crippen molar-refractivity contribution in [2.45, 2.75) is 52.0 Å². The molecule has 0 saturated carbocycles. The number of rotatable bonds is 9. The Hall–Kier alpha value is -2.65. The van der Waals surface area contributed by atoms with Gasteiger partial charge in [0.05, 0.1) is 0 Å². The highest BCUT2D eigenvalue weighted by Gasteiger charge is 2.47. The number of carbonyl (C=O) groups excluding carboxylic acids is 5. The summed E-state index contributed by atoms with van der Waals surface area (Å²) in [6.07, 6.45) is 2.79. The van der Waals surface area contributed by atoms with Crippen LogP contribution in [0.25, 0.3) is 0 Å². The van der Waals surface area contributed by atoms with E-state index in [0.29, 0.717) is 19.4 Å². The fourth-order valence-electron chi connectivity index (χ4n) is 2.36. The van der Waals surface area contributed by atoms with E-state index < -0.39 is 48.5 Å². The lowest BCUT2D eigenvalue weighted by Gasteiger charge is -2.21. The molecule has 0 aliphatic carbocycles. The zero-order valence-electron chi connectivity index (χ0n) is 15.3. The van der Waals surface area contributed by atoms with Crippen LogP contribution < -0.4 is 16.0 Å². The Bertz CT molecular complexity index is 579. The van der Waals surface area contributed by atoms with E-state index in [2.05, 4.69) is 10.6 Å². The van der Waals surface area contributed by atoms with E-state index in [9.17, 15) is 24.0 Å². The number of unbranched alkanes of at least 4 members (excludes halogenated alkanes) is 1. The molecule has 0 unspecified atom stereocenters. The summed E-state index contributed by atoms with van der Waals surface area (Å²) in [5, 5.41) is 7.00. The minimum atomic E-state index is -1.04. The molecule has 26 heavy (non-hydrogen) atoms. The molecule has 1 aliphatic rings. The molecule has 0 bridgehead atoms. The standard InChI is InChI=1S/C16H26N4O6/c1-4-6-7-16(3)13(23)20(15(25)19-16)9-12(22)26-10-11(21)18-14(24)17-8-5-2/h4-10H2,1-3H3,(H,19,25)(H2,17,18,21,24)/t16-/m0/s1. The average Bonchev–Trinajstić information content (AvgIpc) is 2.80. The predicted molar refractivity (Wildman–Crippen MR) is 91.0 cm³/mol.